The van der Waals surface area contributed by atoms with Crippen molar-refractivity contribution in [3.05, 3.63) is 52.8 Å². The maximum absolute atomic E-state index is 15.4. The molecule has 8 heteroatoms. The third kappa shape index (κ3) is 2.76. The highest BCUT2D eigenvalue weighted by Gasteiger charge is 2.38. The lowest BCUT2D eigenvalue weighted by Gasteiger charge is -2.25. The molecule has 0 saturated heterocycles. The van der Waals surface area contributed by atoms with Crippen molar-refractivity contribution in [3.8, 4) is 0 Å². The lowest BCUT2D eigenvalue weighted by atomic mass is 9.84. The summed E-state index contributed by atoms with van der Waals surface area (Å²) in [6, 6.07) is 1.93. The number of hydrogen-bond donors (Lipinski definition) is 3. The van der Waals surface area contributed by atoms with Gasteiger partial charge in [0, 0.05) is 28.3 Å². The monoisotopic (exact) mass is 418 g/mol. The van der Waals surface area contributed by atoms with Gasteiger partial charge < -0.3 is 10.2 Å². The second kappa shape index (κ2) is 6.67. The normalized spacial score (nSPS) is 26.4. The van der Waals surface area contributed by atoms with Gasteiger partial charge in [0.25, 0.3) is 5.56 Å². The average molecular weight is 418 g/mol. The van der Waals surface area contributed by atoms with Crippen LogP contribution in [0.15, 0.2) is 15.7 Å². The minimum atomic E-state index is -1.75. The van der Waals surface area contributed by atoms with E-state index in [9.17, 15) is 19.8 Å². The molecule has 3 unspecified atom stereocenters. The van der Waals surface area contributed by atoms with Crippen LogP contribution in [0.2, 0.25) is 0 Å². The number of thiophene rings is 1. The maximum atomic E-state index is 15.4. The number of aliphatic hydroxyl groups excluding tert-OH is 2. The molecule has 3 aliphatic carbocycles. The molecule has 6 nitrogen and oxygen atoms in total. The topological polar surface area (TPSA) is 95.3 Å². The third-order valence-corrected chi connectivity index (χ3v) is 7.78. The summed E-state index contributed by atoms with van der Waals surface area (Å²) in [6.07, 6.45) is 2.69. The van der Waals surface area contributed by atoms with Gasteiger partial charge in [0.2, 0.25) is 0 Å². The minimum Gasteiger partial charge on any atom is -0.508 e. The molecule has 154 valence electrons. The zero-order valence-corrected chi connectivity index (χ0v) is 16.9. The molecule has 2 heterocycles. The van der Waals surface area contributed by atoms with E-state index in [2.05, 4.69) is 4.98 Å². The third-order valence-electron chi connectivity index (χ3n) is 6.49. The van der Waals surface area contributed by atoms with Crippen LogP contribution in [0, 0.1) is 0 Å². The van der Waals surface area contributed by atoms with Gasteiger partial charge in [0.05, 0.1) is 11.3 Å². The number of aromatic amines is 1. The number of rotatable bonds is 3. The Kier molecular flexibility index (Phi) is 4.33. The number of aliphatic hydroxyl groups is 2. The smallest absolute Gasteiger partial charge is 0.329 e. The Labute approximate surface area is 169 Å². The fourth-order valence-corrected chi connectivity index (χ4v) is 6.37. The van der Waals surface area contributed by atoms with Crippen LogP contribution in [0.3, 0.4) is 0 Å². The second-order valence-corrected chi connectivity index (χ2v) is 9.50. The second-order valence-electron chi connectivity index (χ2n) is 8.33. The Morgan fingerprint density at radius 1 is 1.31 bits per heavy atom. The molecular weight excluding hydrogens is 395 g/mol. The Morgan fingerprint density at radius 3 is 2.76 bits per heavy atom. The Bertz CT molecular complexity index is 1240. The summed E-state index contributed by atoms with van der Waals surface area (Å²) in [6.45, 7) is 1.81. The predicted octanol–water partition coefficient (Wildman–Crippen LogP) is 1.32. The predicted molar refractivity (Wildman–Crippen MR) is 109 cm³/mol. The molecule has 2 aromatic heterocycles. The number of fused-ring (bicyclic) bond motifs is 2. The number of aryl methyl sites for hydroxylation is 1. The fraction of sp³-hybridized carbons (Fsp3) is 0.524. The molecule has 0 aromatic carbocycles. The highest BCUT2D eigenvalue weighted by molar-refractivity contribution is 7.12. The Hall–Kier alpha value is -2.19. The maximum Gasteiger partial charge on any atom is 0.329 e. The number of halogens is 1. The van der Waals surface area contributed by atoms with Crippen LogP contribution in [0.4, 0.5) is 4.39 Å². The molecule has 0 bridgehead atoms. The molecule has 5 rings (SSSR count). The fourth-order valence-electron chi connectivity index (χ4n) is 4.89. The lowest BCUT2D eigenvalue weighted by Crippen LogP contribution is -2.58. The first-order chi connectivity index (χ1) is 13.9. The first-order valence-electron chi connectivity index (χ1n) is 10.1. The van der Waals surface area contributed by atoms with Crippen molar-refractivity contribution >= 4 is 22.7 Å². The first-order valence-corrected chi connectivity index (χ1v) is 10.9. The van der Waals surface area contributed by atoms with Gasteiger partial charge >= 0.3 is 5.69 Å². The van der Waals surface area contributed by atoms with Gasteiger partial charge in [0.1, 0.15) is 11.0 Å². The van der Waals surface area contributed by atoms with E-state index in [0.717, 1.165) is 47.4 Å². The zero-order chi connectivity index (χ0) is 20.4. The van der Waals surface area contributed by atoms with Gasteiger partial charge in [-0.1, -0.05) is 0 Å². The summed E-state index contributed by atoms with van der Waals surface area (Å²) in [5.74, 6) is -1.29. The van der Waals surface area contributed by atoms with E-state index < -0.39 is 29.1 Å². The van der Waals surface area contributed by atoms with Crippen molar-refractivity contribution in [2.45, 2.75) is 63.1 Å². The van der Waals surface area contributed by atoms with Crippen molar-refractivity contribution < 1.29 is 14.6 Å². The average Bonchev–Trinajstić information content (AvgIpc) is 3.43. The van der Waals surface area contributed by atoms with E-state index in [1.165, 1.54) is 15.9 Å². The summed E-state index contributed by atoms with van der Waals surface area (Å²) in [7, 11) is 0. The van der Waals surface area contributed by atoms with Crippen molar-refractivity contribution in [3.63, 3.8) is 0 Å². The molecular formula is C21H23FN2O4S. The van der Waals surface area contributed by atoms with Gasteiger partial charge in [-0.3, -0.25) is 14.3 Å². The molecule has 0 radical (unpaired) electrons. The highest BCUT2D eigenvalue weighted by atomic mass is 32.1. The lowest BCUT2D eigenvalue weighted by molar-refractivity contribution is 0.253. The van der Waals surface area contributed by atoms with Gasteiger partial charge in [-0.05, 0) is 56.2 Å². The molecule has 1 fully saturated rings. The number of hydrogen-bond acceptors (Lipinski definition) is 5. The summed E-state index contributed by atoms with van der Waals surface area (Å²) < 4.78 is 17.0. The molecule has 0 amide bonds. The Morgan fingerprint density at radius 2 is 2.07 bits per heavy atom. The van der Waals surface area contributed by atoms with E-state index in [1.54, 1.807) is 6.92 Å². The molecule has 29 heavy (non-hydrogen) atoms. The van der Waals surface area contributed by atoms with Crippen LogP contribution < -0.4 is 21.8 Å². The molecule has 3 atom stereocenters. The minimum absolute atomic E-state index is 0.0250. The molecule has 0 spiro atoms. The van der Waals surface area contributed by atoms with Crippen LogP contribution in [-0.4, -0.2) is 32.5 Å². The number of aromatic nitrogens is 2. The summed E-state index contributed by atoms with van der Waals surface area (Å²) >= 11 is 1.51. The van der Waals surface area contributed by atoms with Crippen LogP contribution in [0.1, 0.15) is 65.8 Å². The van der Waals surface area contributed by atoms with Crippen LogP contribution >= 0.6 is 11.3 Å². The Balaban J connectivity index is 1.78. The van der Waals surface area contributed by atoms with Gasteiger partial charge in [-0.2, -0.15) is 0 Å². The summed E-state index contributed by atoms with van der Waals surface area (Å²) in [5.41, 5.74) is 0.407. The van der Waals surface area contributed by atoms with Gasteiger partial charge in [-0.25, -0.2) is 9.18 Å². The zero-order valence-electron chi connectivity index (χ0n) is 16.1. The number of H-pyrrole nitrogens is 1. The standard InChI is InChI=1S/C21H23FN2O4S/c1-9-15(14-7-12-10(8-25)3-2-4-13(12)29-14)17(22)19(26)16-18(9)24(11-5-6-11)21(28)23-20(16)27/h7,10-11,15,17,25-26H,2-6,8H2,1H3,(H,23,27,28). The van der Waals surface area contributed by atoms with Crippen molar-refractivity contribution in [1.82, 2.24) is 9.55 Å². The van der Waals surface area contributed by atoms with Gasteiger partial charge in [0.15, 0.2) is 6.17 Å². The largest absolute Gasteiger partial charge is 0.508 e. The molecule has 3 aliphatic rings. The van der Waals surface area contributed by atoms with Crippen LogP contribution in [-0.2, 0) is 6.42 Å². The highest BCUT2D eigenvalue weighted by Crippen LogP contribution is 2.44. The first kappa shape index (κ1) is 18.8. The SMILES string of the molecule is CC1=c2c(c(=O)[nH]c(=O)n2C2CC2)=C(O)C(F)C1c1cc2c(s1)CCCC2CO. The van der Waals surface area contributed by atoms with Crippen molar-refractivity contribution in [2.75, 3.05) is 6.61 Å². The van der Waals surface area contributed by atoms with Crippen molar-refractivity contribution in [2.24, 2.45) is 0 Å². The van der Waals surface area contributed by atoms with E-state index in [0.29, 0.717) is 10.9 Å². The van der Waals surface area contributed by atoms with E-state index in [-0.39, 0.29) is 23.8 Å². The molecule has 2 aromatic rings. The van der Waals surface area contributed by atoms with E-state index in [1.807, 2.05) is 6.07 Å². The van der Waals surface area contributed by atoms with E-state index in [4.69, 9.17) is 0 Å². The number of alkyl halides is 1. The quantitative estimate of drug-likeness (QED) is 0.701. The van der Waals surface area contributed by atoms with Crippen LogP contribution in [0.5, 0.6) is 0 Å². The van der Waals surface area contributed by atoms with E-state index >= 15 is 4.39 Å². The number of nitrogens with zero attached hydrogens (tertiary/aromatic N) is 1. The summed E-state index contributed by atoms with van der Waals surface area (Å²) in [5, 5.41) is 20.6. The van der Waals surface area contributed by atoms with Crippen LogP contribution in [0.25, 0.3) is 11.3 Å². The molecule has 1 saturated carbocycles. The molecule has 0 aliphatic heterocycles. The summed E-state index contributed by atoms with van der Waals surface area (Å²) in [4.78, 5) is 29.1. The molecule has 3 N–H and O–H groups in total. The van der Waals surface area contributed by atoms with Gasteiger partial charge in [-0.15, -0.1) is 11.3 Å². The van der Waals surface area contributed by atoms with Crippen molar-refractivity contribution in [1.29, 1.82) is 0 Å². The number of nitrogens with one attached hydrogen (secondary N) is 1.